The zero-order valence-corrected chi connectivity index (χ0v) is 10.6. The Labute approximate surface area is 97.8 Å². The molecule has 0 fully saturated rings. The Kier molecular flexibility index (Phi) is 7.12. The highest BCUT2D eigenvalue weighted by Gasteiger charge is 2.08. The lowest BCUT2D eigenvalue weighted by Gasteiger charge is -2.20. The van der Waals surface area contributed by atoms with Crippen LogP contribution in [0.25, 0.3) is 0 Å². The number of nitrogens with one attached hydrogen (secondary N) is 1. The van der Waals surface area contributed by atoms with Crippen LogP contribution in [0.4, 0.5) is 0 Å². The summed E-state index contributed by atoms with van der Waals surface area (Å²) in [6.45, 7) is 8.65. The fourth-order valence-corrected chi connectivity index (χ4v) is 1.27. The van der Waals surface area contributed by atoms with Gasteiger partial charge in [-0.2, -0.15) is 0 Å². The molecule has 0 bridgehead atoms. The molecule has 0 aromatic heterocycles. The number of nitrogens with zero attached hydrogens (tertiary/aromatic N) is 2. The highest BCUT2D eigenvalue weighted by atomic mass is 16.5. The number of hydrogen-bond acceptors (Lipinski definition) is 4. The molecule has 0 rings (SSSR count). The van der Waals surface area contributed by atoms with E-state index in [4.69, 9.17) is 10.1 Å². The van der Waals surface area contributed by atoms with Crippen molar-refractivity contribution >= 4 is 12.4 Å². The van der Waals surface area contributed by atoms with Gasteiger partial charge in [0, 0.05) is 26.3 Å². The van der Waals surface area contributed by atoms with E-state index in [9.17, 15) is 0 Å². The van der Waals surface area contributed by atoms with E-state index in [-0.39, 0.29) is 0 Å². The van der Waals surface area contributed by atoms with E-state index in [1.165, 1.54) is 0 Å². The first-order valence-corrected chi connectivity index (χ1v) is 5.17. The van der Waals surface area contributed by atoms with Crippen LogP contribution < -0.4 is 0 Å². The minimum absolute atomic E-state index is 0.453. The fourth-order valence-electron chi connectivity index (χ4n) is 1.27. The molecule has 16 heavy (non-hydrogen) atoms. The van der Waals surface area contributed by atoms with E-state index in [2.05, 4.69) is 11.7 Å². The standard InChI is InChI=1S/C12H21N3O/c1-6-7-11(13)10(2)12(14-3)15(4)8-9-16-5/h6-7,13H,3,8-9H2,1-2,4-5H3/b7-6-,12-10+,13-11?. The zero-order valence-electron chi connectivity index (χ0n) is 10.6. The van der Waals surface area contributed by atoms with Crippen LogP contribution in [0.2, 0.25) is 0 Å². The first kappa shape index (κ1) is 14.6. The van der Waals surface area contributed by atoms with Gasteiger partial charge >= 0.3 is 0 Å². The normalized spacial score (nSPS) is 12.5. The molecule has 0 aromatic rings. The maximum absolute atomic E-state index is 7.81. The Hall–Kier alpha value is -1.42. The van der Waals surface area contributed by atoms with Crippen molar-refractivity contribution in [2.24, 2.45) is 4.99 Å². The Morgan fingerprint density at radius 3 is 2.62 bits per heavy atom. The molecule has 0 spiro atoms. The highest BCUT2D eigenvalue weighted by Crippen LogP contribution is 2.11. The average Bonchev–Trinajstić information content (AvgIpc) is 2.27. The van der Waals surface area contributed by atoms with E-state index in [0.29, 0.717) is 12.3 Å². The fraction of sp³-hybridized carbons (Fsp3) is 0.500. The second kappa shape index (κ2) is 7.82. The molecule has 0 amide bonds. The molecule has 0 unspecified atom stereocenters. The first-order valence-electron chi connectivity index (χ1n) is 5.17. The predicted octanol–water partition coefficient (Wildman–Crippen LogP) is 2.09. The van der Waals surface area contributed by atoms with Gasteiger partial charge in [0.05, 0.1) is 12.3 Å². The number of ether oxygens (including phenoxy) is 1. The summed E-state index contributed by atoms with van der Waals surface area (Å²) < 4.78 is 5.00. The van der Waals surface area contributed by atoms with Crippen molar-refractivity contribution in [2.75, 3.05) is 27.3 Å². The van der Waals surface area contributed by atoms with Crippen LogP contribution in [-0.2, 0) is 4.74 Å². The van der Waals surface area contributed by atoms with Gasteiger partial charge in [-0.3, -0.25) is 0 Å². The van der Waals surface area contributed by atoms with Crippen LogP contribution in [0.15, 0.2) is 28.5 Å². The molecule has 4 heteroatoms. The number of aliphatic imine (C=N–C) groups is 1. The van der Waals surface area contributed by atoms with Crippen LogP contribution in [0, 0.1) is 5.41 Å². The molecular formula is C12H21N3O. The van der Waals surface area contributed by atoms with Crippen molar-refractivity contribution < 1.29 is 4.74 Å². The summed E-state index contributed by atoms with van der Waals surface area (Å²) in [5.74, 6) is 0.722. The summed E-state index contributed by atoms with van der Waals surface area (Å²) in [7, 11) is 3.57. The van der Waals surface area contributed by atoms with Crippen LogP contribution in [0.3, 0.4) is 0 Å². The van der Waals surface area contributed by atoms with E-state index >= 15 is 0 Å². The quantitative estimate of drug-likeness (QED) is 0.672. The molecular weight excluding hydrogens is 202 g/mol. The summed E-state index contributed by atoms with van der Waals surface area (Å²) in [6, 6.07) is 0. The van der Waals surface area contributed by atoms with Crippen LogP contribution >= 0.6 is 0 Å². The molecule has 0 aromatic carbocycles. The van der Waals surface area contributed by atoms with Crippen molar-refractivity contribution in [2.45, 2.75) is 13.8 Å². The van der Waals surface area contributed by atoms with E-state index < -0.39 is 0 Å². The van der Waals surface area contributed by atoms with Crippen molar-refractivity contribution in [3.05, 3.63) is 23.5 Å². The van der Waals surface area contributed by atoms with Gasteiger partial charge in [-0.25, -0.2) is 4.99 Å². The Balaban J connectivity index is 4.85. The van der Waals surface area contributed by atoms with Gasteiger partial charge in [-0.05, 0) is 26.6 Å². The third-order valence-corrected chi connectivity index (χ3v) is 2.21. The van der Waals surface area contributed by atoms with Crippen LogP contribution in [0.5, 0.6) is 0 Å². The van der Waals surface area contributed by atoms with Gasteiger partial charge < -0.3 is 15.0 Å². The molecule has 0 aliphatic rings. The molecule has 4 nitrogen and oxygen atoms in total. The van der Waals surface area contributed by atoms with Gasteiger partial charge in [0.2, 0.25) is 0 Å². The Bertz CT molecular complexity index is 305. The number of methoxy groups -OCH3 is 1. The second-order valence-corrected chi connectivity index (χ2v) is 3.43. The summed E-state index contributed by atoms with van der Waals surface area (Å²) in [5, 5.41) is 7.81. The second-order valence-electron chi connectivity index (χ2n) is 3.43. The summed E-state index contributed by atoms with van der Waals surface area (Å²) >= 11 is 0. The van der Waals surface area contributed by atoms with Crippen molar-refractivity contribution in [3.8, 4) is 0 Å². The zero-order chi connectivity index (χ0) is 12.6. The largest absolute Gasteiger partial charge is 0.383 e. The molecule has 1 N–H and O–H groups in total. The van der Waals surface area contributed by atoms with E-state index in [1.807, 2.05) is 31.9 Å². The number of hydrogen-bond donors (Lipinski definition) is 1. The van der Waals surface area contributed by atoms with Crippen LogP contribution in [-0.4, -0.2) is 44.6 Å². The summed E-state index contributed by atoms with van der Waals surface area (Å²) in [6.07, 6.45) is 3.58. The van der Waals surface area contributed by atoms with Gasteiger partial charge in [-0.1, -0.05) is 6.08 Å². The minimum atomic E-state index is 0.453. The van der Waals surface area contributed by atoms with E-state index in [1.54, 1.807) is 13.2 Å². The Morgan fingerprint density at radius 1 is 1.56 bits per heavy atom. The number of likely N-dealkylation sites (N-methyl/N-ethyl adjacent to an activating group) is 1. The molecule has 90 valence electrons. The molecule has 0 heterocycles. The van der Waals surface area contributed by atoms with E-state index in [0.717, 1.165) is 17.9 Å². The molecule has 0 saturated heterocycles. The maximum Gasteiger partial charge on any atom is 0.132 e. The van der Waals surface area contributed by atoms with Crippen molar-refractivity contribution in [1.82, 2.24) is 4.90 Å². The highest BCUT2D eigenvalue weighted by molar-refractivity contribution is 6.06. The van der Waals surface area contributed by atoms with Crippen molar-refractivity contribution in [1.29, 1.82) is 5.41 Å². The lowest BCUT2D eigenvalue weighted by Crippen LogP contribution is -2.23. The van der Waals surface area contributed by atoms with Crippen LogP contribution in [0.1, 0.15) is 13.8 Å². The lowest BCUT2D eigenvalue weighted by atomic mass is 10.1. The Morgan fingerprint density at radius 2 is 2.19 bits per heavy atom. The summed E-state index contributed by atoms with van der Waals surface area (Å²) in [4.78, 5) is 5.90. The summed E-state index contributed by atoms with van der Waals surface area (Å²) in [5.41, 5.74) is 1.26. The molecule has 0 saturated carbocycles. The third kappa shape index (κ3) is 4.40. The lowest BCUT2D eigenvalue weighted by molar-refractivity contribution is 0.173. The predicted molar refractivity (Wildman–Crippen MR) is 69.3 cm³/mol. The third-order valence-electron chi connectivity index (χ3n) is 2.21. The number of rotatable bonds is 7. The first-order chi connectivity index (χ1) is 7.58. The van der Waals surface area contributed by atoms with Crippen molar-refractivity contribution in [3.63, 3.8) is 0 Å². The van der Waals surface area contributed by atoms with Gasteiger partial charge in [0.15, 0.2) is 0 Å². The van der Waals surface area contributed by atoms with Gasteiger partial charge in [-0.15, -0.1) is 0 Å². The monoisotopic (exact) mass is 223 g/mol. The number of allylic oxidation sites excluding steroid dienone is 3. The average molecular weight is 223 g/mol. The van der Waals surface area contributed by atoms with Gasteiger partial charge in [0.25, 0.3) is 0 Å². The molecule has 0 aliphatic heterocycles. The molecule has 0 aliphatic carbocycles. The molecule has 0 atom stereocenters. The topological polar surface area (TPSA) is 48.7 Å². The smallest absolute Gasteiger partial charge is 0.132 e. The minimum Gasteiger partial charge on any atom is -0.383 e. The molecule has 0 radical (unpaired) electrons. The van der Waals surface area contributed by atoms with Gasteiger partial charge in [0.1, 0.15) is 5.82 Å². The SMILES string of the molecule is C=N/C(=C(/C)C(=N)/C=C\C)N(C)CCOC. The maximum atomic E-state index is 7.81.